The van der Waals surface area contributed by atoms with Gasteiger partial charge in [0.25, 0.3) is 0 Å². The highest BCUT2D eigenvalue weighted by molar-refractivity contribution is 5.68. The van der Waals surface area contributed by atoms with Gasteiger partial charge in [-0.2, -0.15) is 0 Å². The summed E-state index contributed by atoms with van der Waals surface area (Å²) in [5.41, 5.74) is 1.00. The summed E-state index contributed by atoms with van der Waals surface area (Å²) < 4.78 is 5.70. The van der Waals surface area contributed by atoms with Gasteiger partial charge in [0.15, 0.2) is 0 Å². The second-order valence-corrected chi connectivity index (χ2v) is 5.53. The molecule has 116 valence electrons. The maximum Gasteiger partial charge on any atom is 0.305 e. The predicted octanol–water partition coefficient (Wildman–Crippen LogP) is 3.48. The molecule has 1 aromatic carbocycles. The molecule has 1 heterocycles. The van der Waals surface area contributed by atoms with Crippen LogP contribution in [0, 0.1) is 0 Å². The lowest BCUT2D eigenvalue weighted by Crippen LogP contribution is -2.31. The molecule has 1 aliphatic rings. The topological polar surface area (TPSA) is 49.8 Å². The fraction of sp³-hybridized carbons (Fsp3) is 0.588. The molecule has 4 heteroatoms. The highest BCUT2D eigenvalue weighted by Gasteiger charge is 2.26. The van der Waals surface area contributed by atoms with E-state index in [1.54, 1.807) is 0 Å². The third-order valence-corrected chi connectivity index (χ3v) is 4.03. The molecular formula is C17H25NO3. The van der Waals surface area contributed by atoms with Crippen LogP contribution in [0.3, 0.4) is 0 Å². The van der Waals surface area contributed by atoms with Crippen LogP contribution in [0.15, 0.2) is 24.3 Å². The monoisotopic (exact) mass is 291 g/mol. The van der Waals surface area contributed by atoms with E-state index in [2.05, 4.69) is 4.90 Å². The lowest BCUT2D eigenvalue weighted by atomic mass is 10.0. The van der Waals surface area contributed by atoms with E-state index < -0.39 is 5.97 Å². The highest BCUT2D eigenvalue weighted by Crippen LogP contribution is 2.33. The molecule has 0 aromatic heterocycles. The molecule has 0 amide bonds. The fourth-order valence-electron chi connectivity index (χ4n) is 3.05. The minimum absolute atomic E-state index is 0.0941. The van der Waals surface area contributed by atoms with E-state index in [-0.39, 0.29) is 12.5 Å². The Hall–Kier alpha value is -1.55. The number of hydrogen-bond donors (Lipinski definition) is 1. The molecule has 1 aliphatic heterocycles. The van der Waals surface area contributed by atoms with Gasteiger partial charge in [-0.15, -0.1) is 0 Å². The molecule has 1 aromatic rings. The van der Waals surface area contributed by atoms with Crippen molar-refractivity contribution in [1.29, 1.82) is 0 Å². The lowest BCUT2D eigenvalue weighted by Gasteiger charge is -2.31. The Morgan fingerprint density at radius 1 is 1.24 bits per heavy atom. The molecule has 0 saturated carbocycles. The predicted molar refractivity (Wildman–Crippen MR) is 82.6 cm³/mol. The van der Waals surface area contributed by atoms with Crippen LogP contribution in [0.4, 0.5) is 0 Å². The van der Waals surface area contributed by atoms with Crippen molar-refractivity contribution < 1.29 is 14.6 Å². The summed E-state index contributed by atoms with van der Waals surface area (Å²) in [4.78, 5) is 13.6. The van der Waals surface area contributed by atoms with Crippen molar-refractivity contribution in [3.05, 3.63) is 29.8 Å². The third-order valence-electron chi connectivity index (χ3n) is 4.03. The van der Waals surface area contributed by atoms with Gasteiger partial charge in [-0.25, -0.2) is 0 Å². The van der Waals surface area contributed by atoms with Crippen molar-refractivity contribution in [3.63, 3.8) is 0 Å². The first-order chi connectivity index (χ1) is 10.2. The zero-order chi connectivity index (χ0) is 15.1. The van der Waals surface area contributed by atoms with E-state index in [0.717, 1.165) is 37.2 Å². The fourth-order valence-corrected chi connectivity index (χ4v) is 3.05. The minimum Gasteiger partial charge on any atom is -0.494 e. The number of carboxylic acid groups (broad SMARTS) is 1. The first-order valence-electron chi connectivity index (χ1n) is 7.90. The number of carbonyl (C=O) groups is 1. The van der Waals surface area contributed by atoms with E-state index in [4.69, 9.17) is 4.74 Å². The molecular weight excluding hydrogens is 266 g/mol. The maximum absolute atomic E-state index is 11.3. The zero-order valence-corrected chi connectivity index (χ0v) is 12.8. The average Bonchev–Trinajstić information content (AvgIpc) is 2.75. The second-order valence-electron chi connectivity index (χ2n) is 5.53. The molecule has 1 atom stereocenters. The molecule has 0 bridgehead atoms. The summed E-state index contributed by atoms with van der Waals surface area (Å²) in [5.74, 6) is 0.0612. The molecule has 2 rings (SSSR count). The van der Waals surface area contributed by atoms with Crippen LogP contribution in [0.25, 0.3) is 0 Å². The van der Waals surface area contributed by atoms with Gasteiger partial charge in [-0.1, -0.05) is 31.0 Å². The standard InChI is InChI=1S/C17H25NO3/c1-2-21-16-10-6-5-9-14(16)15(13-17(19)20)18-11-7-3-4-8-12-18/h5-6,9-10,15H,2-4,7-8,11-13H2,1H3,(H,19,20). The molecule has 0 spiro atoms. The van der Waals surface area contributed by atoms with Crippen molar-refractivity contribution in [2.24, 2.45) is 0 Å². The third kappa shape index (κ3) is 4.46. The second kappa shape index (κ2) is 8.03. The first-order valence-corrected chi connectivity index (χ1v) is 7.90. The number of likely N-dealkylation sites (tertiary alicyclic amines) is 1. The van der Waals surface area contributed by atoms with Gasteiger partial charge < -0.3 is 9.84 Å². The van der Waals surface area contributed by atoms with Gasteiger partial charge in [0.2, 0.25) is 0 Å². The van der Waals surface area contributed by atoms with E-state index >= 15 is 0 Å². The number of hydrogen-bond acceptors (Lipinski definition) is 3. The number of benzene rings is 1. The molecule has 0 radical (unpaired) electrons. The normalized spacial score (nSPS) is 18.0. The van der Waals surface area contributed by atoms with Gasteiger partial charge in [0.05, 0.1) is 13.0 Å². The Bertz CT molecular complexity index is 453. The molecule has 1 saturated heterocycles. The van der Waals surface area contributed by atoms with Crippen LogP contribution in [-0.4, -0.2) is 35.7 Å². The Labute approximate surface area is 126 Å². The summed E-state index contributed by atoms with van der Waals surface area (Å²) in [5, 5.41) is 9.30. The number of nitrogens with zero attached hydrogens (tertiary/aromatic N) is 1. The summed E-state index contributed by atoms with van der Waals surface area (Å²) >= 11 is 0. The van der Waals surface area contributed by atoms with E-state index in [0.29, 0.717) is 6.61 Å². The van der Waals surface area contributed by atoms with Gasteiger partial charge in [0.1, 0.15) is 5.75 Å². The van der Waals surface area contributed by atoms with Crippen LogP contribution in [-0.2, 0) is 4.79 Å². The molecule has 1 N–H and O–H groups in total. The molecule has 1 fully saturated rings. The first kappa shape index (κ1) is 15.8. The van der Waals surface area contributed by atoms with Crippen molar-refractivity contribution in [1.82, 2.24) is 4.90 Å². The summed E-state index contributed by atoms with van der Waals surface area (Å²) in [6, 6.07) is 7.75. The molecule has 0 aliphatic carbocycles. The molecule has 21 heavy (non-hydrogen) atoms. The van der Waals surface area contributed by atoms with Gasteiger partial charge in [0, 0.05) is 11.6 Å². The number of rotatable bonds is 6. The van der Waals surface area contributed by atoms with Gasteiger partial charge in [-0.3, -0.25) is 9.69 Å². The Kier molecular flexibility index (Phi) is 6.05. The number of ether oxygens (including phenoxy) is 1. The highest BCUT2D eigenvalue weighted by atomic mass is 16.5. The van der Waals surface area contributed by atoms with Crippen LogP contribution in [0.1, 0.15) is 50.6 Å². The maximum atomic E-state index is 11.3. The quantitative estimate of drug-likeness (QED) is 0.872. The minimum atomic E-state index is -0.754. The van der Waals surface area contributed by atoms with E-state index in [1.807, 2.05) is 31.2 Å². The van der Waals surface area contributed by atoms with Crippen LogP contribution >= 0.6 is 0 Å². The largest absolute Gasteiger partial charge is 0.494 e. The number of aliphatic carboxylic acids is 1. The van der Waals surface area contributed by atoms with E-state index in [1.165, 1.54) is 12.8 Å². The van der Waals surface area contributed by atoms with E-state index in [9.17, 15) is 9.90 Å². The summed E-state index contributed by atoms with van der Waals surface area (Å²) in [6.07, 6.45) is 4.90. The van der Waals surface area contributed by atoms with Crippen molar-refractivity contribution in [2.45, 2.75) is 45.1 Å². The van der Waals surface area contributed by atoms with Crippen LogP contribution < -0.4 is 4.74 Å². The Balaban J connectivity index is 2.28. The average molecular weight is 291 g/mol. The number of para-hydroxylation sites is 1. The zero-order valence-electron chi connectivity index (χ0n) is 12.8. The van der Waals surface area contributed by atoms with Gasteiger partial charge in [-0.05, 0) is 38.9 Å². The van der Waals surface area contributed by atoms with Crippen molar-refractivity contribution in [2.75, 3.05) is 19.7 Å². The van der Waals surface area contributed by atoms with Crippen LogP contribution in [0.2, 0.25) is 0 Å². The van der Waals surface area contributed by atoms with Crippen molar-refractivity contribution in [3.8, 4) is 5.75 Å². The van der Waals surface area contributed by atoms with Gasteiger partial charge >= 0.3 is 5.97 Å². The summed E-state index contributed by atoms with van der Waals surface area (Å²) in [6.45, 7) is 4.49. The Morgan fingerprint density at radius 3 is 2.52 bits per heavy atom. The lowest BCUT2D eigenvalue weighted by molar-refractivity contribution is -0.138. The van der Waals surface area contributed by atoms with Crippen molar-refractivity contribution >= 4 is 5.97 Å². The number of carboxylic acids is 1. The molecule has 4 nitrogen and oxygen atoms in total. The SMILES string of the molecule is CCOc1ccccc1C(CC(=O)O)N1CCCCCC1. The molecule has 1 unspecified atom stereocenters. The summed E-state index contributed by atoms with van der Waals surface area (Å²) in [7, 11) is 0. The Morgan fingerprint density at radius 2 is 1.90 bits per heavy atom. The van der Waals surface area contributed by atoms with Crippen LogP contribution in [0.5, 0.6) is 5.75 Å². The smallest absolute Gasteiger partial charge is 0.305 e.